The summed E-state index contributed by atoms with van der Waals surface area (Å²) in [6.45, 7) is 1.04. The number of likely N-dealkylation sites (N-methyl/N-ethyl adjacent to an activating group) is 1. The molecule has 0 aromatic heterocycles. The first-order valence-corrected chi connectivity index (χ1v) is 5.59. The Bertz CT molecular complexity index is 333. The van der Waals surface area contributed by atoms with Gasteiger partial charge in [-0.05, 0) is 17.7 Å². The van der Waals surface area contributed by atoms with Crippen molar-refractivity contribution in [2.24, 2.45) is 0 Å². The fraction of sp³-hybridized carbons (Fsp3) is 0.455. The van der Waals surface area contributed by atoms with Crippen LogP contribution in [0.1, 0.15) is 5.56 Å². The standard InChI is InChI=1S/C11H17Cl2N2/c1-15(2,3)5-4-8-6-9(12)11(14)10(13)7-8/h6-7H,4-5,14H2,1-3H3/q+1. The Hall–Kier alpha value is -0.440. The molecular weight excluding hydrogens is 231 g/mol. The third-order valence-electron chi connectivity index (χ3n) is 2.21. The summed E-state index contributed by atoms with van der Waals surface area (Å²) < 4.78 is 0.916. The van der Waals surface area contributed by atoms with E-state index in [-0.39, 0.29) is 0 Å². The van der Waals surface area contributed by atoms with E-state index in [1.54, 1.807) is 0 Å². The Kier molecular flexibility index (Phi) is 3.87. The molecule has 0 amide bonds. The van der Waals surface area contributed by atoms with E-state index >= 15 is 0 Å². The lowest BCUT2D eigenvalue weighted by molar-refractivity contribution is -0.870. The van der Waals surface area contributed by atoms with Gasteiger partial charge in [0.2, 0.25) is 0 Å². The zero-order valence-electron chi connectivity index (χ0n) is 9.35. The molecule has 0 saturated heterocycles. The number of nitrogen functional groups attached to an aromatic ring is 1. The zero-order chi connectivity index (χ0) is 11.6. The average Bonchev–Trinajstić information content (AvgIpc) is 2.09. The highest BCUT2D eigenvalue weighted by Gasteiger charge is 2.09. The van der Waals surface area contributed by atoms with Gasteiger partial charge in [0, 0.05) is 6.42 Å². The molecular formula is C11H17Cl2N2+. The topological polar surface area (TPSA) is 26.0 Å². The van der Waals surface area contributed by atoms with Crippen LogP contribution in [0.15, 0.2) is 12.1 Å². The summed E-state index contributed by atoms with van der Waals surface area (Å²) in [5, 5.41) is 1.08. The highest BCUT2D eigenvalue weighted by atomic mass is 35.5. The van der Waals surface area contributed by atoms with Crippen molar-refractivity contribution in [3.8, 4) is 0 Å². The fourth-order valence-corrected chi connectivity index (χ4v) is 1.78. The lowest BCUT2D eigenvalue weighted by atomic mass is 10.1. The highest BCUT2D eigenvalue weighted by Crippen LogP contribution is 2.29. The molecule has 0 aliphatic rings. The second-order valence-electron chi connectivity index (χ2n) is 4.74. The number of nitrogens with two attached hydrogens (primary N) is 1. The molecule has 0 aliphatic carbocycles. The van der Waals surface area contributed by atoms with Gasteiger partial charge in [-0.25, -0.2) is 0 Å². The molecule has 1 rings (SSSR count). The van der Waals surface area contributed by atoms with Crippen LogP contribution in [0.4, 0.5) is 5.69 Å². The first-order valence-electron chi connectivity index (χ1n) is 4.83. The number of nitrogens with zero attached hydrogens (tertiary/aromatic N) is 1. The first-order chi connectivity index (χ1) is 6.79. The molecule has 0 bridgehead atoms. The van der Waals surface area contributed by atoms with E-state index in [0.717, 1.165) is 23.0 Å². The summed E-state index contributed by atoms with van der Waals surface area (Å²) in [7, 11) is 6.46. The number of halogens is 2. The van der Waals surface area contributed by atoms with Crippen molar-refractivity contribution < 1.29 is 4.48 Å². The maximum Gasteiger partial charge on any atom is 0.0821 e. The maximum absolute atomic E-state index is 5.95. The van der Waals surface area contributed by atoms with Crippen molar-refractivity contribution in [2.75, 3.05) is 33.4 Å². The van der Waals surface area contributed by atoms with E-state index in [0.29, 0.717) is 15.7 Å². The summed E-state index contributed by atoms with van der Waals surface area (Å²) >= 11 is 11.9. The Morgan fingerprint density at radius 2 is 1.60 bits per heavy atom. The number of benzene rings is 1. The van der Waals surface area contributed by atoms with Crippen molar-refractivity contribution in [1.82, 2.24) is 0 Å². The normalized spacial score (nSPS) is 11.8. The van der Waals surface area contributed by atoms with E-state index < -0.39 is 0 Å². The van der Waals surface area contributed by atoms with Gasteiger partial charge < -0.3 is 10.2 Å². The molecule has 0 fully saturated rings. The second-order valence-corrected chi connectivity index (χ2v) is 5.55. The SMILES string of the molecule is C[N+](C)(C)CCc1cc(Cl)c(N)c(Cl)c1. The van der Waals surface area contributed by atoms with Gasteiger partial charge in [0.1, 0.15) is 0 Å². The Balaban J connectivity index is 2.80. The molecule has 0 spiro atoms. The van der Waals surface area contributed by atoms with Gasteiger partial charge in [-0.1, -0.05) is 23.2 Å². The molecule has 0 heterocycles. The van der Waals surface area contributed by atoms with Crippen LogP contribution in [0.5, 0.6) is 0 Å². The number of quaternary nitrogens is 1. The van der Waals surface area contributed by atoms with Crippen LogP contribution in [0.3, 0.4) is 0 Å². The Labute approximate surface area is 101 Å². The van der Waals surface area contributed by atoms with Gasteiger partial charge in [0.05, 0.1) is 43.4 Å². The third-order valence-corrected chi connectivity index (χ3v) is 2.84. The third kappa shape index (κ3) is 3.90. The van der Waals surface area contributed by atoms with Gasteiger partial charge in [-0.2, -0.15) is 0 Å². The van der Waals surface area contributed by atoms with Gasteiger partial charge in [0.25, 0.3) is 0 Å². The minimum absolute atomic E-state index is 0.465. The van der Waals surface area contributed by atoms with Crippen LogP contribution >= 0.6 is 23.2 Å². The van der Waals surface area contributed by atoms with Gasteiger partial charge in [-0.15, -0.1) is 0 Å². The van der Waals surface area contributed by atoms with Crippen LogP contribution in [0.2, 0.25) is 10.0 Å². The van der Waals surface area contributed by atoms with Crippen LogP contribution in [0.25, 0.3) is 0 Å². The molecule has 0 aliphatic heterocycles. The summed E-state index contributed by atoms with van der Waals surface area (Å²) in [5.41, 5.74) is 7.26. The molecule has 1 aromatic carbocycles. The predicted octanol–water partition coefficient (Wildman–Crippen LogP) is 2.82. The summed E-state index contributed by atoms with van der Waals surface area (Å²) in [4.78, 5) is 0. The number of rotatable bonds is 3. The summed E-state index contributed by atoms with van der Waals surface area (Å²) in [5.74, 6) is 0. The molecule has 15 heavy (non-hydrogen) atoms. The average molecular weight is 248 g/mol. The van der Waals surface area contributed by atoms with E-state index in [1.165, 1.54) is 0 Å². The molecule has 0 atom stereocenters. The van der Waals surface area contributed by atoms with Crippen LogP contribution < -0.4 is 5.73 Å². The van der Waals surface area contributed by atoms with Crippen LogP contribution in [-0.4, -0.2) is 32.2 Å². The fourth-order valence-electron chi connectivity index (χ4n) is 1.25. The molecule has 0 saturated carbocycles. The van der Waals surface area contributed by atoms with E-state index in [4.69, 9.17) is 28.9 Å². The molecule has 0 radical (unpaired) electrons. The highest BCUT2D eigenvalue weighted by molar-refractivity contribution is 6.38. The van der Waals surface area contributed by atoms with Crippen molar-refractivity contribution in [3.63, 3.8) is 0 Å². The second kappa shape index (κ2) is 4.60. The number of anilines is 1. The van der Waals surface area contributed by atoms with Gasteiger partial charge >= 0.3 is 0 Å². The summed E-state index contributed by atoms with van der Waals surface area (Å²) in [6, 6.07) is 3.77. The molecule has 2 N–H and O–H groups in total. The predicted molar refractivity (Wildman–Crippen MR) is 67.5 cm³/mol. The van der Waals surface area contributed by atoms with E-state index in [1.807, 2.05) is 12.1 Å². The van der Waals surface area contributed by atoms with Crippen molar-refractivity contribution in [2.45, 2.75) is 6.42 Å². The monoisotopic (exact) mass is 247 g/mol. The molecule has 4 heteroatoms. The zero-order valence-corrected chi connectivity index (χ0v) is 10.9. The first kappa shape index (κ1) is 12.6. The minimum atomic E-state index is 0.465. The minimum Gasteiger partial charge on any atom is -0.396 e. The van der Waals surface area contributed by atoms with Crippen LogP contribution in [0, 0.1) is 0 Å². The quantitative estimate of drug-likeness (QED) is 0.646. The van der Waals surface area contributed by atoms with Crippen molar-refractivity contribution in [3.05, 3.63) is 27.7 Å². The van der Waals surface area contributed by atoms with Gasteiger partial charge in [-0.3, -0.25) is 0 Å². The maximum atomic E-state index is 5.95. The van der Waals surface area contributed by atoms with Crippen molar-refractivity contribution in [1.29, 1.82) is 0 Å². The smallest absolute Gasteiger partial charge is 0.0821 e. The van der Waals surface area contributed by atoms with Crippen molar-refractivity contribution >= 4 is 28.9 Å². The number of hydrogen-bond acceptors (Lipinski definition) is 1. The largest absolute Gasteiger partial charge is 0.396 e. The lowest BCUT2D eigenvalue weighted by Gasteiger charge is -2.23. The van der Waals surface area contributed by atoms with Crippen LogP contribution in [-0.2, 0) is 6.42 Å². The molecule has 1 aromatic rings. The number of hydrogen-bond donors (Lipinski definition) is 1. The molecule has 0 unspecified atom stereocenters. The Morgan fingerprint density at radius 3 is 2.00 bits per heavy atom. The molecule has 2 nitrogen and oxygen atoms in total. The summed E-state index contributed by atoms with van der Waals surface area (Å²) in [6.07, 6.45) is 0.948. The Morgan fingerprint density at radius 1 is 1.13 bits per heavy atom. The van der Waals surface area contributed by atoms with Gasteiger partial charge in [0.15, 0.2) is 0 Å². The van der Waals surface area contributed by atoms with E-state index in [9.17, 15) is 0 Å². The molecule has 84 valence electrons. The van der Waals surface area contributed by atoms with E-state index in [2.05, 4.69) is 21.1 Å². The lowest BCUT2D eigenvalue weighted by Crippen LogP contribution is -2.36.